The van der Waals surface area contributed by atoms with E-state index in [-0.39, 0.29) is 11.8 Å². The van der Waals surface area contributed by atoms with E-state index in [4.69, 9.17) is 0 Å². The number of nitrogens with zero attached hydrogens (tertiary/aromatic N) is 3. The van der Waals surface area contributed by atoms with Crippen LogP contribution in [-0.2, 0) is 16.1 Å². The largest absolute Gasteiger partial charge is 0.378 e. The molecular formula is C24H30N4O2. The van der Waals surface area contributed by atoms with Gasteiger partial charge in [0.2, 0.25) is 11.8 Å². The van der Waals surface area contributed by atoms with Gasteiger partial charge < -0.3 is 15.1 Å². The van der Waals surface area contributed by atoms with Crippen molar-refractivity contribution in [2.45, 2.75) is 6.54 Å². The van der Waals surface area contributed by atoms with E-state index < -0.39 is 0 Å². The molecular weight excluding hydrogens is 376 g/mol. The Morgan fingerprint density at radius 2 is 1.63 bits per heavy atom. The van der Waals surface area contributed by atoms with Gasteiger partial charge in [-0.25, -0.2) is 0 Å². The van der Waals surface area contributed by atoms with E-state index in [0.717, 1.165) is 16.8 Å². The highest BCUT2D eigenvalue weighted by atomic mass is 16.2. The maximum atomic E-state index is 12.5. The highest BCUT2D eigenvalue weighted by Gasteiger charge is 2.21. The van der Waals surface area contributed by atoms with E-state index in [1.165, 1.54) is 0 Å². The first-order chi connectivity index (χ1) is 14.5. The van der Waals surface area contributed by atoms with Gasteiger partial charge in [0.15, 0.2) is 0 Å². The first-order valence-corrected chi connectivity index (χ1v) is 10.3. The second-order valence-electron chi connectivity index (χ2n) is 7.68. The standard InChI is InChI=1S/C24H30N4O2/c1-26(2)22-11-8-20(9-12-22)10-13-24(30)28-16-14-27(15-17-28)19-23(29)25-18-21-6-4-3-5-7-21/h3-13H,14-19H2,1-2H3,(H,25,29). The van der Waals surface area contributed by atoms with Crippen LogP contribution in [0.4, 0.5) is 5.69 Å². The normalized spacial score (nSPS) is 14.7. The van der Waals surface area contributed by atoms with Crippen LogP contribution in [-0.4, -0.2) is 68.4 Å². The SMILES string of the molecule is CN(C)c1ccc(C=CC(=O)N2CCN(CC(=O)NCc3ccccc3)CC2)cc1. The van der Waals surface area contributed by atoms with Gasteiger partial charge in [0.25, 0.3) is 0 Å². The number of piperazine rings is 1. The minimum atomic E-state index is 0.0136. The summed E-state index contributed by atoms with van der Waals surface area (Å²) in [6.07, 6.45) is 3.48. The zero-order valence-corrected chi connectivity index (χ0v) is 17.8. The smallest absolute Gasteiger partial charge is 0.246 e. The van der Waals surface area contributed by atoms with Crippen molar-refractivity contribution >= 4 is 23.6 Å². The van der Waals surface area contributed by atoms with Gasteiger partial charge in [-0.2, -0.15) is 0 Å². The fourth-order valence-electron chi connectivity index (χ4n) is 3.34. The summed E-state index contributed by atoms with van der Waals surface area (Å²) in [7, 11) is 4.00. The van der Waals surface area contributed by atoms with Gasteiger partial charge in [-0.05, 0) is 29.3 Å². The monoisotopic (exact) mass is 406 g/mol. The first kappa shape index (κ1) is 21.6. The van der Waals surface area contributed by atoms with Gasteiger partial charge in [-0.15, -0.1) is 0 Å². The lowest BCUT2D eigenvalue weighted by atomic mass is 10.2. The second kappa shape index (κ2) is 10.6. The number of benzene rings is 2. The third-order valence-electron chi connectivity index (χ3n) is 5.21. The molecule has 0 aliphatic carbocycles. The van der Waals surface area contributed by atoms with Gasteiger partial charge in [0.05, 0.1) is 6.54 Å². The van der Waals surface area contributed by atoms with Crippen LogP contribution in [0.15, 0.2) is 60.7 Å². The first-order valence-electron chi connectivity index (χ1n) is 10.3. The predicted molar refractivity (Wildman–Crippen MR) is 121 cm³/mol. The molecule has 0 aromatic heterocycles. The fraction of sp³-hybridized carbons (Fsp3) is 0.333. The molecule has 158 valence electrons. The molecule has 0 saturated carbocycles. The Morgan fingerprint density at radius 3 is 2.27 bits per heavy atom. The highest BCUT2D eigenvalue weighted by Crippen LogP contribution is 2.13. The van der Waals surface area contributed by atoms with Gasteiger partial charge in [0.1, 0.15) is 0 Å². The Kier molecular flexibility index (Phi) is 7.63. The molecule has 0 spiro atoms. The van der Waals surface area contributed by atoms with Crippen molar-refractivity contribution in [1.82, 2.24) is 15.1 Å². The van der Waals surface area contributed by atoms with Crippen LogP contribution >= 0.6 is 0 Å². The van der Waals surface area contributed by atoms with Crippen molar-refractivity contribution in [3.63, 3.8) is 0 Å². The number of carbonyl (C=O) groups excluding carboxylic acids is 2. The average molecular weight is 407 g/mol. The maximum absolute atomic E-state index is 12.5. The number of nitrogens with one attached hydrogen (secondary N) is 1. The van der Waals surface area contributed by atoms with Crippen molar-refractivity contribution in [1.29, 1.82) is 0 Å². The van der Waals surface area contributed by atoms with E-state index in [0.29, 0.717) is 39.3 Å². The van der Waals surface area contributed by atoms with Crippen LogP contribution in [0.1, 0.15) is 11.1 Å². The van der Waals surface area contributed by atoms with Crippen LogP contribution in [0.5, 0.6) is 0 Å². The summed E-state index contributed by atoms with van der Waals surface area (Å²) >= 11 is 0. The molecule has 2 aromatic rings. The van der Waals surface area contributed by atoms with Crippen molar-refractivity contribution in [2.24, 2.45) is 0 Å². The van der Waals surface area contributed by atoms with Crippen LogP contribution in [0.3, 0.4) is 0 Å². The summed E-state index contributed by atoms with van der Waals surface area (Å²) in [5, 5.41) is 2.95. The molecule has 30 heavy (non-hydrogen) atoms. The molecule has 0 atom stereocenters. The Hall–Kier alpha value is -3.12. The van der Waals surface area contributed by atoms with Crippen LogP contribution < -0.4 is 10.2 Å². The van der Waals surface area contributed by atoms with Crippen molar-refractivity contribution in [2.75, 3.05) is 51.7 Å². The van der Waals surface area contributed by atoms with Gasteiger partial charge in [0, 0.05) is 58.6 Å². The molecule has 3 rings (SSSR count). The van der Waals surface area contributed by atoms with Crippen LogP contribution in [0.2, 0.25) is 0 Å². The molecule has 1 fully saturated rings. The Morgan fingerprint density at radius 1 is 0.967 bits per heavy atom. The van der Waals surface area contributed by atoms with Crippen molar-refractivity contribution < 1.29 is 9.59 Å². The zero-order valence-electron chi connectivity index (χ0n) is 17.8. The minimum absolute atomic E-state index is 0.0136. The topological polar surface area (TPSA) is 55.9 Å². The third kappa shape index (κ3) is 6.46. The lowest BCUT2D eigenvalue weighted by Gasteiger charge is -2.33. The summed E-state index contributed by atoms with van der Waals surface area (Å²) in [5.74, 6) is 0.0274. The lowest BCUT2D eigenvalue weighted by Crippen LogP contribution is -2.50. The molecule has 0 unspecified atom stereocenters. The summed E-state index contributed by atoms with van der Waals surface area (Å²) in [4.78, 5) is 30.6. The Bertz CT molecular complexity index is 855. The number of rotatable bonds is 7. The van der Waals surface area contributed by atoms with Gasteiger partial charge >= 0.3 is 0 Å². The number of hydrogen-bond donors (Lipinski definition) is 1. The lowest BCUT2D eigenvalue weighted by molar-refractivity contribution is -0.128. The molecule has 2 aromatic carbocycles. The Balaban J connectivity index is 1.40. The molecule has 1 aliphatic heterocycles. The summed E-state index contributed by atoms with van der Waals surface area (Å²) < 4.78 is 0. The van der Waals surface area contributed by atoms with E-state index in [1.807, 2.05) is 84.6 Å². The van der Waals surface area contributed by atoms with E-state index in [2.05, 4.69) is 10.2 Å². The predicted octanol–water partition coefficient (Wildman–Crippen LogP) is 2.23. The maximum Gasteiger partial charge on any atom is 0.246 e. The highest BCUT2D eigenvalue weighted by molar-refractivity contribution is 5.92. The van der Waals surface area contributed by atoms with Crippen LogP contribution in [0.25, 0.3) is 6.08 Å². The molecule has 1 N–H and O–H groups in total. The van der Waals surface area contributed by atoms with E-state index in [9.17, 15) is 9.59 Å². The molecule has 1 saturated heterocycles. The number of amides is 2. The average Bonchev–Trinajstić information content (AvgIpc) is 2.77. The van der Waals surface area contributed by atoms with E-state index in [1.54, 1.807) is 6.08 Å². The molecule has 6 nitrogen and oxygen atoms in total. The fourth-order valence-corrected chi connectivity index (χ4v) is 3.34. The third-order valence-corrected chi connectivity index (χ3v) is 5.21. The minimum Gasteiger partial charge on any atom is -0.378 e. The van der Waals surface area contributed by atoms with Crippen LogP contribution in [0, 0.1) is 0 Å². The number of carbonyl (C=O) groups is 2. The number of anilines is 1. The summed E-state index contributed by atoms with van der Waals surface area (Å²) in [5.41, 5.74) is 3.22. The van der Waals surface area contributed by atoms with Crippen molar-refractivity contribution in [3.8, 4) is 0 Å². The summed E-state index contributed by atoms with van der Waals surface area (Å²) in [6.45, 7) is 3.58. The zero-order chi connectivity index (χ0) is 21.3. The Labute approximate surface area is 178 Å². The summed E-state index contributed by atoms with van der Waals surface area (Å²) in [6, 6.07) is 18.0. The second-order valence-corrected chi connectivity index (χ2v) is 7.68. The van der Waals surface area contributed by atoms with Gasteiger partial charge in [-0.3, -0.25) is 14.5 Å². The molecule has 2 amide bonds. The quantitative estimate of drug-likeness (QED) is 0.717. The molecule has 1 heterocycles. The molecule has 1 aliphatic rings. The molecule has 0 radical (unpaired) electrons. The van der Waals surface area contributed by atoms with E-state index >= 15 is 0 Å². The molecule has 6 heteroatoms. The molecule has 0 bridgehead atoms. The number of hydrogen-bond acceptors (Lipinski definition) is 4. The van der Waals surface area contributed by atoms with Gasteiger partial charge in [-0.1, -0.05) is 42.5 Å². The van der Waals surface area contributed by atoms with Crippen molar-refractivity contribution in [3.05, 3.63) is 71.8 Å².